The second-order valence-electron chi connectivity index (χ2n) is 9.03. The summed E-state index contributed by atoms with van der Waals surface area (Å²) in [4.78, 5) is 32.8. The molecule has 4 rings (SSSR count). The van der Waals surface area contributed by atoms with Crippen LogP contribution >= 0.6 is 23.1 Å². The van der Waals surface area contributed by atoms with Crippen LogP contribution < -0.4 is 5.32 Å². The van der Waals surface area contributed by atoms with Crippen molar-refractivity contribution in [1.29, 1.82) is 0 Å². The van der Waals surface area contributed by atoms with E-state index in [4.69, 9.17) is 0 Å². The summed E-state index contributed by atoms with van der Waals surface area (Å²) in [6.07, 6.45) is 7.08. The van der Waals surface area contributed by atoms with Crippen LogP contribution in [0.15, 0.2) is 70.9 Å². The molecule has 1 aliphatic rings. The second-order valence-corrected chi connectivity index (χ2v) is 10.9. The molecule has 1 aliphatic carbocycles. The Hall–Kier alpha value is -2.84. The molecule has 190 valence electrons. The van der Waals surface area contributed by atoms with Crippen molar-refractivity contribution >= 4 is 40.7 Å². The monoisotopic (exact) mass is 525 g/mol. The van der Waals surface area contributed by atoms with Crippen LogP contribution in [0.1, 0.15) is 42.5 Å². The fourth-order valence-corrected chi connectivity index (χ4v) is 5.64. The van der Waals surface area contributed by atoms with E-state index in [0.717, 1.165) is 47.4 Å². The third-order valence-corrected chi connectivity index (χ3v) is 8.09. The summed E-state index contributed by atoms with van der Waals surface area (Å²) < 4.78 is 13.4. The molecule has 0 atom stereocenters. The molecule has 2 aromatic carbocycles. The molecule has 0 bridgehead atoms. The quantitative estimate of drug-likeness (QED) is 0.306. The number of halogens is 1. The number of anilines is 1. The summed E-state index contributed by atoms with van der Waals surface area (Å²) in [5.74, 6) is -0.424. The molecule has 1 aromatic heterocycles. The number of carbonyl (C=O) groups excluding carboxylic acids is 2. The van der Waals surface area contributed by atoms with Gasteiger partial charge in [0.25, 0.3) is 0 Å². The van der Waals surface area contributed by atoms with Crippen molar-refractivity contribution in [3.8, 4) is 0 Å². The maximum Gasteiger partial charge on any atom is 0.322 e. The van der Waals surface area contributed by atoms with Crippen LogP contribution in [0.3, 0.4) is 0 Å². The number of benzene rings is 2. The lowest BCUT2D eigenvalue weighted by Crippen LogP contribution is -2.49. The average molecular weight is 526 g/mol. The normalized spacial score (nSPS) is 13.8. The maximum atomic E-state index is 13.7. The first-order valence-electron chi connectivity index (χ1n) is 12.3. The third-order valence-electron chi connectivity index (χ3n) is 6.49. The lowest BCUT2D eigenvalue weighted by molar-refractivity contribution is -0.133. The van der Waals surface area contributed by atoms with Crippen molar-refractivity contribution in [2.45, 2.75) is 56.1 Å². The fourth-order valence-electron chi connectivity index (χ4n) is 4.51. The average Bonchev–Trinajstić information content (AvgIpc) is 3.42. The molecule has 8 heteroatoms. The van der Waals surface area contributed by atoms with Gasteiger partial charge in [0.05, 0.1) is 6.54 Å². The van der Waals surface area contributed by atoms with Crippen molar-refractivity contribution in [3.05, 3.63) is 82.3 Å². The van der Waals surface area contributed by atoms with Crippen LogP contribution in [0.4, 0.5) is 14.9 Å². The van der Waals surface area contributed by atoms with Gasteiger partial charge in [-0.15, -0.1) is 23.1 Å². The van der Waals surface area contributed by atoms with E-state index in [1.165, 1.54) is 12.1 Å². The Kier molecular flexibility index (Phi) is 9.41. The van der Waals surface area contributed by atoms with Crippen molar-refractivity contribution in [2.75, 3.05) is 18.1 Å². The van der Waals surface area contributed by atoms with E-state index >= 15 is 0 Å². The van der Waals surface area contributed by atoms with Gasteiger partial charge in [0, 0.05) is 28.0 Å². The van der Waals surface area contributed by atoms with Crippen LogP contribution in [0.25, 0.3) is 0 Å². The summed E-state index contributed by atoms with van der Waals surface area (Å²) in [5.41, 5.74) is 1.57. The summed E-state index contributed by atoms with van der Waals surface area (Å²) in [5, 5.41) is 4.99. The molecule has 1 heterocycles. The number of rotatable bonds is 9. The first-order valence-corrected chi connectivity index (χ1v) is 14.4. The van der Waals surface area contributed by atoms with Crippen LogP contribution in [0, 0.1) is 5.82 Å². The molecule has 3 aromatic rings. The van der Waals surface area contributed by atoms with Crippen molar-refractivity contribution < 1.29 is 14.0 Å². The van der Waals surface area contributed by atoms with Crippen LogP contribution in [-0.4, -0.2) is 40.6 Å². The first-order chi connectivity index (χ1) is 17.5. The molecule has 1 N–H and O–H groups in total. The zero-order valence-electron chi connectivity index (χ0n) is 20.5. The number of nitrogens with one attached hydrogen (secondary N) is 1. The Balaban J connectivity index is 1.52. The SMILES string of the molecule is CSc1ccc(NC(=O)N(CC(=O)N(Cc2ccc(F)cc2)Cc2cccs2)C2CCCCC2)cc1. The Morgan fingerprint density at radius 2 is 1.72 bits per heavy atom. The summed E-state index contributed by atoms with van der Waals surface area (Å²) in [7, 11) is 0. The first kappa shape index (κ1) is 26.2. The van der Waals surface area contributed by atoms with Gasteiger partial charge in [-0.2, -0.15) is 0 Å². The maximum absolute atomic E-state index is 13.7. The Labute approximate surface area is 220 Å². The molecule has 5 nitrogen and oxygen atoms in total. The largest absolute Gasteiger partial charge is 0.332 e. The highest BCUT2D eigenvalue weighted by atomic mass is 32.2. The number of urea groups is 1. The van der Waals surface area contributed by atoms with E-state index in [-0.39, 0.29) is 30.3 Å². The highest BCUT2D eigenvalue weighted by Crippen LogP contribution is 2.25. The van der Waals surface area contributed by atoms with E-state index in [1.54, 1.807) is 45.0 Å². The number of amides is 3. The molecule has 36 heavy (non-hydrogen) atoms. The smallest absolute Gasteiger partial charge is 0.322 e. The molecule has 1 fully saturated rings. The number of nitrogens with zero attached hydrogens (tertiary/aromatic N) is 2. The Morgan fingerprint density at radius 3 is 2.36 bits per heavy atom. The van der Waals surface area contributed by atoms with Gasteiger partial charge in [-0.25, -0.2) is 9.18 Å². The van der Waals surface area contributed by atoms with Gasteiger partial charge in [0.15, 0.2) is 0 Å². The van der Waals surface area contributed by atoms with E-state index in [2.05, 4.69) is 5.32 Å². The third kappa shape index (κ3) is 7.34. The predicted molar refractivity (Wildman–Crippen MR) is 146 cm³/mol. The van der Waals surface area contributed by atoms with E-state index < -0.39 is 0 Å². The molecule has 1 saturated carbocycles. The van der Waals surface area contributed by atoms with Crippen LogP contribution in [0.5, 0.6) is 0 Å². The molecule has 0 spiro atoms. The molecule has 0 unspecified atom stereocenters. The summed E-state index contributed by atoms with van der Waals surface area (Å²) in [6.45, 7) is 0.809. The van der Waals surface area contributed by atoms with Crippen molar-refractivity contribution in [1.82, 2.24) is 9.80 Å². The molecule has 0 saturated heterocycles. The van der Waals surface area contributed by atoms with Crippen LogP contribution in [0.2, 0.25) is 0 Å². The highest BCUT2D eigenvalue weighted by Gasteiger charge is 2.29. The predicted octanol–water partition coefficient (Wildman–Crippen LogP) is 7.00. The van der Waals surface area contributed by atoms with Gasteiger partial charge in [-0.1, -0.05) is 37.5 Å². The van der Waals surface area contributed by atoms with Gasteiger partial charge in [-0.3, -0.25) is 4.79 Å². The van der Waals surface area contributed by atoms with Gasteiger partial charge in [0.1, 0.15) is 12.4 Å². The lowest BCUT2D eigenvalue weighted by atomic mass is 9.94. The number of carbonyl (C=O) groups is 2. The van der Waals surface area contributed by atoms with Gasteiger partial charge in [0.2, 0.25) is 5.91 Å². The molecular weight excluding hydrogens is 493 g/mol. The minimum atomic E-state index is -0.305. The number of thioether (sulfide) groups is 1. The Morgan fingerprint density at radius 1 is 1.00 bits per heavy atom. The molecule has 3 amide bonds. The van der Waals surface area contributed by atoms with E-state index in [9.17, 15) is 14.0 Å². The summed E-state index contributed by atoms with van der Waals surface area (Å²) >= 11 is 3.24. The van der Waals surface area contributed by atoms with Gasteiger partial charge < -0.3 is 15.1 Å². The number of hydrogen-bond acceptors (Lipinski definition) is 4. The topological polar surface area (TPSA) is 52.7 Å². The zero-order chi connectivity index (χ0) is 25.3. The van der Waals surface area contributed by atoms with Gasteiger partial charge in [-0.05, 0) is 72.5 Å². The van der Waals surface area contributed by atoms with Crippen molar-refractivity contribution in [3.63, 3.8) is 0 Å². The minimum absolute atomic E-state index is 0.00592. The Bertz CT molecular complexity index is 1110. The van der Waals surface area contributed by atoms with E-state index in [0.29, 0.717) is 18.8 Å². The molecular formula is C28H32FN3O2S2. The second kappa shape index (κ2) is 12.9. The minimum Gasteiger partial charge on any atom is -0.332 e. The number of thiophene rings is 1. The standard InChI is InChI=1S/C28H32FN3O2S2/c1-35-25-15-13-23(14-16-25)30-28(34)32(24-6-3-2-4-7-24)20-27(33)31(19-26-8-5-17-36-26)18-21-9-11-22(29)12-10-21/h5,8-17,24H,2-4,6-7,18-20H2,1H3,(H,30,34). The highest BCUT2D eigenvalue weighted by molar-refractivity contribution is 7.98. The molecule has 0 aliphatic heterocycles. The van der Waals surface area contributed by atoms with Crippen LogP contribution in [-0.2, 0) is 17.9 Å². The fraction of sp³-hybridized carbons (Fsp3) is 0.357. The molecule has 0 radical (unpaired) electrons. The van der Waals surface area contributed by atoms with E-state index in [1.807, 2.05) is 48.0 Å². The van der Waals surface area contributed by atoms with Crippen molar-refractivity contribution in [2.24, 2.45) is 0 Å². The van der Waals surface area contributed by atoms with Gasteiger partial charge >= 0.3 is 6.03 Å². The lowest BCUT2D eigenvalue weighted by Gasteiger charge is -2.35. The number of hydrogen-bond donors (Lipinski definition) is 1. The zero-order valence-corrected chi connectivity index (χ0v) is 22.1. The summed E-state index contributed by atoms with van der Waals surface area (Å²) in [6, 6.07) is 17.7.